The van der Waals surface area contributed by atoms with Crippen molar-refractivity contribution in [3.63, 3.8) is 0 Å². The Morgan fingerprint density at radius 3 is 3.00 bits per heavy atom. The minimum atomic E-state index is -0.444. The van der Waals surface area contributed by atoms with Gasteiger partial charge in [-0.1, -0.05) is 13.3 Å². The molecule has 0 aliphatic carbocycles. The van der Waals surface area contributed by atoms with Crippen molar-refractivity contribution in [1.82, 2.24) is 9.78 Å². The van der Waals surface area contributed by atoms with E-state index in [4.69, 9.17) is 0 Å². The van der Waals surface area contributed by atoms with Gasteiger partial charge in [-0.2, -0.15) is 5.10 Å². The highest BCUT2D eigenvalue weighted by atomic mass is 16.3. The van der Waals surface area contributed by atoms with Gasteiger partial charge in [0.2, 0.25) is 0 Å². The van der Waals surface area contributed by atoms with Crippen LogP contribution in [-0.2, 0) is 0 Å². The molecule has 1 atom stereocenters. The fourth-order valence-electron chi connectivity index (χ4n) is 0.847. The van der Waals surface area contributed by atoms with Gasteiger partial charge in [-0.3, -0.25) is 0 Å². The van der Waals surface area contributed by atoms with E-state index in [9.17, 15) is 5.11 Å². The molecule has 1 heterocycles. The van der Waals surface area contributed by atoms with Crippen LogP contribution in [0, 0.1) is 0 Å². The zero-order valence-corrected chi connectivity index (χ0v) is 6.07. The van der Waals surface area contributed by atoms with Crippen LogP contribution in [0.2, 0.25) is 0 Å². The Kier molecular flexibility index (Phi) is 2.45. The van der Waals surface area contributed by atoms with Gasteiger partial charge >= 0.3 is 0 Å². The van der Waals surface area contributed by atoms with Crippen molar-refractivity contribution in [3.8, 4) is 0 Å². The molecule has 0 amide bonds. The van der Waals surface area contributed by atoms with E-state index < -0.39 is 6.23 Å². The Morgan fingerprint density at radius 2 is 2.50 bits per heavy atom. The van der Waals surface area contributed by atoms with Crippen LogP contribution in [0.15, 0.2) is 18.5 Å². The quantitative estimate of drug-likeness (QED) is 0.684. The average molecular weight is 140 g/mol. The van der Waals surface area contributed by atoms with E-state index in [1.54, 1.807) is 23.1 Å². The van der Waals surface area contributed by atoms with Crippen LogP contribution in [-0.4, -0.2) is 14.9 Å². The Balaban J connectivity index is 2.50. The standard InChI is InChI=1S/C7H12N2O/c1-2-4-7(10)9-6-3-5-8-9/h3,5-7,10H,2,4H2,1H3. The first-order chi connectivity index (χ1) is 4.84. The van der Waals surface area contributed by atoms with E-state index in [1.807, 2.05) is 6.92 Å². The number of nitrogens with zero attached hydrogens (tertiary/aromatic N) is 2. The van der Waals surface area contributed by atoms with E-state index >= 15 is 0 Å². The van der Waals surface area contributed by atoms with Crippen molar-refractivity contribution in [3.05, 3.63) is 18.5 Å². The molecule has 0 radical (unpaired) electrons. The molecule has 1 aromatic heterocycles. The first-order valence-electron chi connectivity index (χ1n) is 3.51. The zero-order chi connectivity index (χ0) is 7.40. The monoisotopic (exact) mass is 140 g/mol. The van der Waals surface area contributed by atoms with Crippen molar-refractivity contribution < 1.29 is 5.11 Å². The second kappa shape index (κ2) is 3.37. The minimum Gasteiger partial charge on any atom is -0.372 e. The van der Waals surface area contributed by atoms with Gasteiger partial charge in [-0.25, -0.2) is 4.68 Å². The maximum Gasteiger partial charge on any atom is 0.146 e. The summed E-state index contributed by atoms with van der Waals surface area (Å²) >= 11 is 0. The third-order valence-electron chi connectivity index (χ3n) is 1.38. The van der Waals surface area contributed by atoms with E-state index in [0.717, 1.165) is 12.8 Å². The molecule has 0 aromatic carbocycles. The fraction of sp³-hybridized carbons (Fsp3) is 0.571. The first kappa shape index (κ1) is 7.28. The van der Waals surface area contributed by atoms with Crippen LogP contribution < -0.4 is 0 Å². The lowest BCUT2D eigenvalue weighted by molar-refractivity contribution is 0.0808. The maximum absolute atomic E-state index is 9.31. The molecule has 0 fully saturated rings. The lowest BCUT2D eigenvalue weighted by atomic mass is 10.3. The summed E-state index contributed by atoms with van der Waals surface area (Å²) in [6.45, 7) is 2.03. The molecule has 1 unspecified atom stereocenters. The van der Waals surface area contributed by atoms with Crippen LogP contribution in [0.4, 0.5) is 0 Å². The Bertz CT molecular complexity index is 172. The van der Waals surface area contributed by atoms with E-state index in [0.29, 0.717) is 0 Å². The first-order valence-corrected chi connectivity index (χ1v) is 3.51. The summed E-state index contributed by atoms with van der Waals surface area (Å²) in [5.74, 6) is 0. The third-order valence-corrected chi connectivity index (χ3v) is 1.38. The van der Waals surface area contributed by atoms with Crippen molar-refractivity contribution in [2.75, 3.05) is 0 Å². The summed E-state index contributed by atoms with van der Waals surface area (Å²) in [4.78, 5) is 0. The summed E-state index contributed by atoms with van der Waals surface area (Å²) in [6, 6.07) is 1.80. The van der Waals surface area contributed by atoms with Crippen LogP contribution >= 0.6 is 0 Å². The minimum absolute atomic E-state index is 0.444. The zero-order valence-electron chi connectivity index (χ0n) is 6.07. The topological polar surface area (TPSA) is 38.0 Å². The summed E-state index contributed by atoms with van der Waals surface area (Å²) < 4.78 is 1.56. The Labute approximate surface area is 60.3 Å². The SMILES string of the molecule is CCCC(O)n1cccn1. The predicted molar refractivity (Wildman–Crippen MR) is 38.4 cm³/mol. The molecule has 0 aliphatic rings. The van der Waals surface area contributed by atoms with Crippen LogP contribution in [0.25, 0.3) is 0 Å². The maximum atomic E-state index is 9.31. The highest BCUT2D eigenvalue weighted by Gasteiger charge is 2.02. The highest BCUT2D eigenvalue weighted by Crippen LogP contribution is 2.06. The molecular formula is C7H12N2O. The summed E-state index contributed by atoms with van der Waals surface area (Å²) in [5.41, 5.74) is 0. The van der Waals surface area contributed by atoms with Crippen molar-refractivity contribution >= 4 is 0 Å². The van der Waals surface area contributed by atoms with Gasteiger partial charge in [-0.15, -0.1) is 0 Å². The lowest BCUT2D eigenvalue weighted by Gasteiger charge is -2.08. The number of aliphatic hydroxyl groups excluding tert-OH is 1. The smallest absolute Gasteiger partial charge is 0.146 e. The number of aromatic nitrogens is 2. The van der Waals surface area contributed by atoms with E-state index in [1.165, 1.54) is 0 Å². The number of rotatable bonds is 3. The Hall–Kier alpha value is -0.830. The molecule has 0 saturated heterocycles. The van der Waals surface area contributed by atoms with Gasteiger partial charge < -0.3 is 5.11 Å². The van der Waals surface area contributed by atoms with E-state index in [-0.39, 0.29) is 0 Å². The summed E-state index contributed by atoms with van der Waals surface area (Å²) in [5, 5.41) is 13.2. The van der Waals surface area contributed by atoms with Gasteiger partial charge in [0, 0.05) is 12.4 Å². The number of hydrogen-bond acceptors (Lipinski definition) is 2. The van der Waals surface area contributed by atoms with Gasteiger partial charge in [0.15, 0.2) is 0 Å². The van der Waals surface area contributed by atoms with Crippen LogP contribution in [0.3, 0.4) is 0 Å². The highest BCUT2D eigenvalue weighted by molar-refractivity contribution is 4.78. The molecular weight excluding hydrogens is 128 g/mol. The number of hydrogen-bond donors (Lipinski definition) is 1. The molecule has 1 N–H and O–H groups in total. The molecule has 1 aromatic rings. The molecule has 3 heteroatoms. The van der Waals surface area contributed by atoms with Crippen molar-refractivity contribution in [1.29, 1.82) is 0 Å². The largest absolute Gasteiger partial charge is 0.372 e. The fourth-order valence-corrected chi connectivity index (χ4v) is 0.847. The molecule has 10 heavy (non-hydrogen) atoms. The molecule has 0 bridgehead atoms. The molecule has 3 nitrogen and oxygen atoms in total. The average Bonchev–Trinajstić information content (AvgIpc) is 2.38. The van der Waals surface area contributed by atoms with Gasteiger partial charge in [0.1, 0.15) is 6.23 Å². The predicted octanol–water partition coefficient (Wildman–Crippen LogP) is 1.17. The van der Waals surface area contributed by atoms with Gasteiger partial charge in [0.25, 0.3) is 0 Å². The molecule has 0 aliphatic heterocycles. The van der Waals surface area contributed by atoms with Gasteiger partial charge in [0.05, 0.1) is 0 Å². The van der Waals surface area contributed by atoms with Crippen molar-refractivity contribution in [2.45, 2.75) is 26.0 Å². The second-order valence-corrected chi connectivity index (χ2v) is 2.26. The summed E-state index contributed by atoms with van der Waals surface area (Å²) in [7, 11) is 0. The summed E-state index contributed by atoms with van der Waals surface area (Å²) in [6.07, 6.45) is 4.72. The van der Waals surface area contributed by atoms with Gasteiger partial charge in [-0.05, 0) is 12.5 Å². The van der Waals surface area contributed by atoms with Crippen LogP contribution in [0.5, 0.6) is 0 Å². The normalized spacial score (nSPS) is 13.4. The molecule has 1 rings (SSSR count). The van der Waals surface area contributed by atoms with Crippen LogP contribution in [0.1, 0.15) is 26.0 Å². The molecule has 0 spiro atoms. The lowest BCUT2D eigenvalue weighted by Crippen LogP contribution is -2.07. The number of aliphatic hydroxyl groups is 1. The third kappa shape index (κ3) is 1.57. The Morgan fingerprint density at radius 1 is 1.70 bits per heavy atom. The second-order valence-electron chi connectivity index (χ2n) is 2.26. The molecule has 56 valence electrons. The van der Waals surface area contributed by atoms with E-state index in [2.05, 4.69) is 5.10 Å². The van der Waals surface area contributed by atoms with Crippen molar-refractivity contribution in [2.24, 2.45) is 0 Å². The molecule has 0 saturated carbocycles.